The van der Waals surface area contributed by atoms with E-state index in [2.05, 4.69) is 10.6 Å². The second-order valence-corrected chi connectivity index (χ2v) is 6.54. The molecule has 1 unspecified atom stereocenters. The van der Waals surface area contributed by atoms with Gasteiger partial charge in [-0.25, -0.2) is 4.79 Å². The van der Waals surface area contributed by atoms with Gasteiger partial charge >= 0.3 is 5.97 Å². The lowest BCUT2D eigenvalue weighted by Crippen LogP contribution is -2.44. The van der Waals surface area contributed by atoms with E-state index >= 15 is 0 Å². The molecule has 0 aromatic rings. The van der Waals surface area contributed by atoms with Gasteiger partial charge in [0.15, 0.2) is 0 Å². The first-order chi connectivity index (χ1) is 12.7. The molecule has 4 amide bonds. The van der Waals surface area contributed by atoms with Gasteiger partial charge in [0.05, 0.1) is 12.5 Å². The Bertz CT molecular complexity index is 562. The van der Waals surface area contributed by atoms with Gasteiger partial charge in [-0.05, 0) is 33.4 Å². The Labute approximate surface area is 158 Å². The van der Waals surface area contributed by atoms with Crippen molar-refractivity contribution >= 4 is 29.6 Å². The quantitative estimate of drug-likeness (QED) is 0.208. The fraction of sp³-hybridized carbons (Fsp3) is 0.706. The zero-order chi connectivity index (χ0) is 20.4. The molecule has 1 fully saturated rings. The van der Waals surface area contributed by atoms with Crippen LogP contribution in [-0.2, 0) is 28.8 Å². The monoisotopic (exact) mass is 388 g/mol. The van der Waals surface area contributed by atoms with E-state index in [1.54, 1.807) is 19.0 Å². The molecule has 0 aromatic heterocycles. The number of nitrogens with zero attached hydrogens (tertiary/aromatic N) is 2. The Kier molecular flexibility index (Phi) is 9.41. The van der Waals surface area contributed by atoms with Crippen LogP contribution in [0.25, 0.3) is 0 Å². The molecule has 2 N–H and O–H groups in total. The predicted octanol–water partition coefficient (Wildman–Crippen LogP) is -0.663. The highest BCUT2D eigenvalue weighted by Crippen LogP contribution is 2.12. The average Bonchev–Trinajstić information content (AvgIpc) is 2.89. The predicted molar refractivity (Wildman–Crippen MR) is 94.8 cm³/mol. The van der Waals surface area contributed by atoms with Gasteiger partial charge in [0.2, 0.25) is 11.8 Å². The van der Waals surface area contributed by atoms with Crippen LogP contribution in [0.5, 0.6) is 0 Å². The van der Waals surface area contributed by atoms with Gasteiger partial charge < -0.3 is 15.5 Å². The number of carbonyl (C=O) groups excluding carboxylic acids is 5. The summed E-state index contributed by atoms with van der Waals surface area (Å²) in [6.07, 6.45) is 2.06. The number of carbonyl (C=O) groups is 5. The number of rotatable bonds is 11. The number of amides is 4. The molecule has 1 heterocycles. The molecule has 1 aliphatic heterocycles. The number of unbranched alkanes of at least 4 members (excludes halogenated alkanes) is 1. The normalized spacial score (nSPS) is 15.0. The molecule has 152 valence electrons. The molecule has 1 saturated heterocycles. The molecule has 0 spiro atoms. The fourth-order valence-corrected chi connectivity index (χ4v) is 2.56. The maximum absolute atomic E-state index is 12.3. The largest absolute Gasteiger partial charge is 0.356 e. The van der Waals surface area contributed by atoms with Crippen LogP contribution in [0, 0.1) is 0 Å². The van der Waals surface area contributed by atoms with Crippen LogP contribution in [0.1, 0.15) is 45.4 Å². The smallest absolute Gasteiger partial charge is 0.334 e. The molecule has 0 bridgehead atoms. The van der Waals surface area contributed by atoms with Gasteiger partial charge in [0.1, 0.15) is 0 Å². The molecular weight excluding hydrogens is 360 g/mol. The number of hydrogen-bond acceptors (Lipinski definition) is 7. The van der Waals surface area contributed by atoms with Crippen molar-refractivity contribution in [1.29, 1.82) is 0 Å². The van der Waals surface area contributed by atoms with E-state index in [1.807, 2.05) is 0 Å². The van der Waals surface area contributed by atoms with Crippen molar-refractivity contribution in [3.05, 3.63) is 0 Å². The molecule has 10 heteroatoms. The van der Waals surface area contributed by atoms with E-state index in [1.165, 1.54) is 6.92 Å². The van der Waals surface area contributed by atoms with Crippen molar-refractivity contribution < 1.29 is 28.8 Å². The maximum Gasteiger partial charge on any atom is 0.334 e. The highest BCUT2D eigenvalue weighted by molar-refractivity contribution is 6.01. The lowest BCUT2D eigenvalue weighted by Gasteiger charge is -2.23. The van der Waals surface area contributed by atoms with E-state index in [-0.39, 0.29) is 43.7 Å². The van der Waals surface area contributed by atoms with Gasteiger partial charge in [-0.1, -0.05) is 0 Å². The minimum absolute atomic E-state index is 0.0370. The molecule has 0 saturated carbocycles. The molecule has 1 atom stereocenters. The first kappa shape index (κ1) is 22.6. The zero-order valence-corrected chi connectivity index (χ0v) is 16.1. The first-order valence-electron chi connectivity index (χ1n) is 8.97. The SMILES string of the molecule is C[13C](=O)[15NH]CCCCC(C(=O)N[13CH2]CC(=O)ON1C(=O)CCC1=O)N(C)[13CH3]. The standard InChI is InChI=1S/C17H28N4O6/c1-12(22)18-10-5-4-6-13(20(2)3)17(26)19-11-9-16(25)27-21-14(23)7-8-15(21)24/h13H,4-11H2,1-3H3,(H,18,22)(H,19,26)/i2+1,11+1,12+1,18+1. The third kappa shape index (κ3) is 8.16. The summed E-state index contributed by atoms with van der Waals surface area (Å²) >= 11 is 0. The van der Waals surface area contributed by atoms with Gasteiger partial charge in [-0.3, -0.25) is 24.1 Å². The van der Waals surface area contributed by atoms with Gasteiger partial charge in [-0.15, -0.1) is 5.06 Å². The summed E-state index contributed by atoms with van der Waals surface area (Å²) in [7, 11) is 3.58. The summed E-state index contributed by atoms with van der Waals surface area (Å²) in [5, 5.41) is 5.85. The summed E-state index contributed by atoms with van der Waals surface area (Å²) in [5.41, 5.74) is 0. The van der Waals surface area contributed by atoms with Crippen LogP contribution in [0.2, 0.25) is 0 Å². The topological polar surface area (TPSA) is 125 Å². The summed E-state index contributed by atoms with van der Waals surface area (Å²) < 4.78 is 0. The Morgan fingerprint density at radius 1 is 1.07 bits per heavy atom. The second kappa shape index (κ2) is 11.3. The minimum Gasteiger partial charge on any atom is -0.356 e. The number of imide groups is 1. The highest BCUT2D eigenvalue weighted by Gasteiger charge is 2.32. The van der Waals surface area contributed by atoms with Gasteiger partial charge in [0.25, 0.3) is 11.8 Å². The molecule has 10 nitrogen and oxygen atoms in total. The molecule has 1 rings (SSSR count). The third-order valence-electron chi connectivity index (χ3n) is 4.03. The van der Waals surface area contributed by atoms with Crippen molar-refractivity contribution in [2.75, 3.05) is 27.2 Å². The van der Waals surface area contributed by atoms with Crippen LogP contribution >= 0.6 is 0 Å². The molecule has 0 aromatic carbocycles. The van der Waals surface area contributed by atoms with Crippen LogP contribution in [-0.4, -0.2) is 72.8 Å². The molecule has 1 aliphatic rings. The van der Waals surface area contributed by atoms with Crippen LogP contribution < -0.4 is 10.6 Å². The first-order valence-corrected chi connectivity index (χ1v) is 8.97. The number of nitrogens with one attached hydrogen (secondary N) is 2. The van der Waals surface area contributed by atoms with Crippen LogP contribution in [0.15, 0.2) is 0 Å². The van der Waals surface area contributed by atoms with E-state index in [4.69, 9.17) is 4.84 Å². The molecule has 0 radical (unpaired) electrons. The number of likely N-dealkylation sites (N-methyl/N-ethyl adjacent to an activating group) is 1. The Morgan fingerprint density at radius 2 is 1.70 bits per heavy atom. The summed E-state index contributed by atoms with van der Waals surface area (Å²) in [6, 6.07) is -0.361. The summed E-state index contributed by atoms with van der Waals surface area (Å²) in [5.74, 6) is -2.13. The Morgan fingerprint density at radius 3 is 2.26 bits per heavy atom. The van der Waals surface area contributed by atoms with Crippen LogP contribution in [0.4, 0.5) is 0 Å². The molecular formula is C17H28N4O6. The fourth-order valence-electron chi connectivity index (χ4n) is 2.56. The highest BCUT2D eigenvalue weighted by atomic mass is 16.7. The van der Waals surface area contributed by atoms with Crippen molar-refractivity contribution in [2.45, 2.75) is 51.5 Å². The number of hydrogen-bond donors (Lipinski definition) is 2. The lowest BCUT2D eigenvalue weighted by molar-refractivity contribution is -0.197. The van der Waals surface area contributed by atoms with Crippen molar-refractivity contribution in [3.8, 4) is 0 Å². The van der Waals surface area contributed by atoms with E-state index in [9.17, 15) is 24.0 Å². The zero-order valence-electron chi connectivity index (χ0n) is 16.1. The Hall–Kier alpha value is -2.49. The summed E-state index contributed by atoms with van der Waals surface area (Å²) in [4.78, 5) is 64.1. The average molecular weight is 388 g/mol. The maximum atomic E-state index is 12.3. The van der Waals surface area contributed by atoms with Gasteiger partial charge in [0, 0.05) is 32.9 Å². The van der Waals surface area contributed by atoms with E-state index in [0.29, 0.717) is 18.0 Å². The van der Waals surface area contributed by atoms with Crippen LogP contribution in [0.3, 0.4) is 0 Å². The van der Waals surface area contributed by atoms with Crippen molar-refractivity contribution in [3.63, 3.8) is 0 Å². The van der Waals surface area contributed by atoms with Crippen molar-refractivity contribution in [2.24, 2.45) is 0 Å². The summed E-state index contributed by atoms with van der Waals surface area (Å²) in [6.45, 7) is 2.07. The van der Waals surface area contributed by atoms with Gasteiger partial charge in [-0.2, -0.15) is 0 Å². The lowest BCUT2D eigenvalue weighted by atomic mass is 10.1. The minimum atomic E-state index is -0.754. The van der Waals surface area contributed by atoms with E-state index in [0.717, 1.165) is 12.8 Å². The molecule has 0 aliphatic carbocycles. The number of hydroxylamine groups is 2. The van der Waals surface area contributed by atoms with E-state index < -0.39 is 17.8 Å². The molecule has 27 heavy (non-hydrogen) atoms. The van der Waals surface area contributed by atoms with Crippen molar-refractivity contribution in [1.82, 2.24) is 20.6 Å². The third-order valence-corrected chi connectivity index (χ3v) is 4.03. The second-order valence-electron chi connectivity index (χ2n) is 6.54. The Balaban J connectivity index is 2.30.